The number of hydrogen-bond donors (Lipinski definition) is 1. The van der Waals surface area contributed by atoms with Crippen molar-refractivity contribution in [1.29, 1.82) is 0 Å². The molecular weight excluding hydrogens is 192 g/mol. The average Bonchev–Trinajstić information content (AvgIpc) is 2.71. The Bertz CT molecular complexity index is 213. The van der Waals surface area contributed by atoms with E-state index in [1.807, 2.05) is 5.51 Å². The molecule has 1 heterocycles. The zero-order chi connectivity index (χ0) is 10.2. The Kier molecular flexibility index (Phi) is 5.80. The predicted octanol–water partition coefficient (Wildman–Crippen LogP) is 3.37. The van der Waals surface area contributed by atoms with Crippen molar-refractivity contribution in [3.63, 3.8) is 0 Å². The van der Waals surface area contributed by atoms with E-state index in [1.165, 1.54) is 31.4 Å². The molecule has 0 bridgehead atoms. The van der Waals surface area contributed by atoms with E-state index < -0.39 is 0 Å². The molecule has 0 saturated carbocycles. The smallest absolute Gasteiger partial charge is 0.0795 e. The molecule has 3 heteroatoms. The van der Waals surface area contributed by atoms with E-state index in [1.54, 1.807) is 11.3 Å². The van der Waals surface area contributed by atoms with Crippen LogP contribution in [0.1, 0.15) is 51.3 Å². The molecule has 0 fully saturated rings. The van der Waals surface area contributed by atoms with E-state index in [0.29, 0.717) is 6.04 Å². The van der Waals surface area contributed by atoms with Crippen LogP contribution in [0.3, 0.4) is 0 Å². The molecule has 1 N–H and O–H groups in total. The zero-order valence-electron chi connectivity index (χ0n) is 9.12. The lowest BCUT2D eigenvalue weighted by atomic mass is 10.1. The number of unbranched alkanes of at least 4 members (excludes halogenated alkanes) is 1. The molecule has 0 aromatic carbocycles. The van der Waals surface area contributed by atoms with E-state index in [0.717, 1.165) is 6.54 Å². The number of nitrogens with one attached hydrogen (secondary N) is 1. The first-order valence-electron chi connectivity index (χ1n) is 5.50. The van der Waals surface area contributed by atoms with Gasteiger partial charge < -0.3 is 5.32 Å². The molecule has 0 aliphatic rings. The Labute approximate surface area is 90.8 Å². The van der Waals surface area contributed by atoms with E-state index >= 15 is 0 Å². The third kappa shape index (κ3) is 3.76. The number of thiazole rings is 1. The van der Waals surface area contributed by atoms with E-state index in [4.69, 9.17) is 0 Å². The van der Waals surface area contributed by atoms with Gasteiger partial charge in [-0.05, 0) is 19.4 Å². The standard InChI is InChI=1S/C11H20N2S/c1-3-5-6-10(12-7-4-2)11-8-14-9-13-11/h8-10,12H,3-7H2,1-2H3. The summed E-state index contributed by atoms with van der Waals surface area (Å²) in [6, 6.07) is 0.473. The Hall–Kier alpha value is -0.410. The second kappa shape index (κ2) is 6.96. The van der Waals surface area contributed by atoms with Crippen LogP contribution in [0.25, 0.3) is 0 Å². The minimum atomic E-state index is 0.473. The number of hydrogen-bond acceptors (Lipinski definition) is 3. The summed E-state index contributed by atoms with van der Waals surface area (Å²) in [6.07, 6.45) is 4.93. The van der Waals surface area contributed by atoms with Gasteiger partial charge in [-0.1, -0.05) is 26.7 Å². The Balaban J connectivity index is 2.44. The highest BCUT2D eigenvalue weighted by molar-refractivity contribution is 7.07. The van der Waals surface area contributed by atoms with Crippen molar-refractivity contribution >= 4 is 11.3 Å². The lowest BCUT2D eigenvalue weighted by Crippen LogP contribution is -2.22. The molecule has 1 aromatic heterocycles. The second-order valence-corrected chi connectivity index (χ2v) is 4.28. The number of nitrogens with zero attached hydrogens (tertiary/aromatic N) is 1. The normalized spacial score (nSPS) is 13.0. The lowest BCUT2D eigenvalue weighted by molar-refractivity contribution is 0.474. The molecule has 0 amide bonds. The molecule has 0 aliphatic carbocycles. The molecule has 80 valence electrons. The minimum Gasteiger partial charge on any atom is -0.309 e. The van der Waals surface area contributed by atoms with Gasteiger partial charge in [-0.2, -0.15) is 0 Å². The maximum Gasteiger partial charge on any atom is 0.0795 e. The predicted molar refractivity (Wildman–Crippen MR) is 62.7 cm³/mol. The van der Waals surface area contributed by atoms with Gasteiger partial charge in [0.25, 0.3) is 0 Å². The molecule has 0 radical (unpaired) electrons. The number of rotatable bonds is 7. The molecule has 14 heavy (non-hydrogen) atoms. The van der Waals surface area contributed by atoms with Crippen LogP contribution in [-0.2, 0) is 0 Å². The van der Waals surface area contributed by atoms with Crippen LogP contribution in [0.2, 0.25) is 0 Å². The summed E-state index contributed by atoms with van der Waals surface area (Å²) in [5, 5.41) is 5.71. The highest BCUT2D eigenvalue weighted by Gasteiger charge is 2.11. The molecule has 0 aliphatic heterocycles. The van der Waals surface area contributed by atoms with Gasteiger partial charge in [0.1, 0.15) is 0 Å². The van der Waals surface area contributed by atoms with Gasteiger partial charge in [0.2, 0.25) is 0 Å². The summed E-state index contributed by atoms with van der Waals surface area (Å²) in [7, 11) is 0. The van der Waals surface area contributed by atoms with Gasteiger partial charge in [0.15, 0.2) is 0 Å². The summed E-state index contributed by atoms with van der Waals surface area (Å²) < 4.78 is 0. The van der Waals surface area contributed by atoms with Crippen LogP contribution in [-0.4, -0.2) is 11.5 Å². The van der Waals surface area contributed by atoms with E-state index in [2.05, 4.69) is 29.5 Å². The van der Waals surface area contributed by atoms with Crippen molar-refractivity contribution in [1.82, 2.24) is 10.3 Å². The van der Waals surface area contributed by atoms with Crippen LogP contribution in [0.15, 0.2) is 10.9 Å². The highest BCUT2D eigenvalue weighted by Crippen LogP contribution is 2.18. The first kappa shape index (κ1) is 11.7. The fourth-order valence-electron chi connectivity index (χ4n) is 1.48. The Morgan fingerprint density at radius 2 is 2.29 bits per heavy atom. The van der Waals surface area contributed by atoms with Gasteiger partial charge in [0.05, 0.1) is 17.2 Å². The first-order valence-corrected chi connectivity index (χ1v) is 6.44. The van der Waals surface area contributed by atoms with E-state index in [-0.39, 0.29) is 0 Å². The molecule has 1 aromatic rings. The molecule has 2 nitrogen and oxygen atoms in total. The van der Waals surface area contributed by atoms with Gasteiger partial charge in [-0.15, -0.1) is 11.3 Å². The highest BCUT2D eigenvalue weighted by atomic mass is 32.1. The summed E-state index contributed by atoms with van der Waals surface area (Å²) >= 11 is 1.68. The first-order chi connectivity index (χ1) is 6.88. The topological polar surface area (TPSA) is 24.9 Å². The van der Waals surface area contributed by atoms with Crippen molar-refractivity contribution in [3.05, 3.63) is 16.6 Å². The largest absolute Gasteiger partial charge is 0.309 e. The maximum atomic E-state index is 4.38. The SMILES string of the molecule is CCCCC(NCCC)c1cscn1. The van der Waals surface area contributed by atoms with Crippen LogP contribution < -0.4 is 5.32 Å². The van der Waals surface area contributed by atoms with E-state index in [9.17, 15) is 0 Å². The van der Waals surface area contributed by atoms with Crippen LogP contribution in [0, 0.1) is 0 Å². The van der Waals surface area contributed by atoms with Gasteiger partial charge in [-0.3, -0.25) is 0 Å². The van der Waals surface area contributed by atoms with Gasteiger partial charge >= 0.3 is 0 Å². The summed E-state index contributed by atoms with van der Waals surface area (Å²) in [5.41, 5.74) is 3.14. The maximum absolute atomic E-state index is 4.38. The molecule has 1 unspecified atom stereocenters. The van der Waals surface area contributed by atoms with Crippen molar-refractivity contribution in [3.8, 4) is 0 Å². The fraction of sp³-hybridized carbons (Fsp3) is 0.727. The Morgan fingerprint density at radius 3 is 2.86 bits per heavy atom. The number of aromatic nitrogens is 1. The second-order valence-electron chi connectivity index (χ2n) is 3.56. The average molecular weight is 212 g/mol. The van der Waals surface area contributed by atoms with Crippen molar-refractivity contribution in [2.45, 2.75) is 45.6 Å². The fourth-order valence-corrected chi connectivity index (χ4v) is 2.08. The summed E-state index contributed by atoms with van der Waals surface area (Å²) in [4.78, 5) is 4.38. The van der Waals surface area contributed by atoms with Crippen LogP contribution in [0.4, 0.5) is 0 Å². The quantitative estimate of drug-likeness (QED) is 0.749. The summed E-state index contributed by atoms with van der Waals surface area (Å²) in [6.45, 7) is 5.52. The third-order valence-corrected chi connectivity index (χ3v) is 2.90. The van der Waals surface area contributed by atoms with Gasteiger partial charge in [-0.25, -0.2) is 4.98 Å². The minimum absolute atomic E-state index is 0.473. The molecular formula is C11H20N2S. The van der Waals surface area contributed by atoms with Crippen molar-refractivity contribution in [2.24, 2.45) is 0 Å². The van der Waals surface area contributed by atoms with Crippen molar-refractivity contribution in [2.75, 3.05) is 6.54 Å². The lowest BCUT2D eigenvalue weighted by Gasteiger charge is -2.15. The van der Waals surface area contributed by atoms with Crippen molar-refractivity contribution < 1.29 is 0 Å². The molecule has 1 rings (SSSR count). The monoisotopic (exact) mass is 212 g/mol. The molecule has 0 spiro atoms. The Morgan fingerprint density at radius 1 is 1.43 bits per heavy atom. The van der Waals surface area contributed by atoms with Gasteiger partial charge in [0, 0.05) is 5.38 Å². The zero-order valence-corrected chi connectivity index (χ0v) is 9.94. The molecule has 0 saturated heterocycles. The third-order valence-electron chi connectivity index (χ3n) is 2.30. The van der Waals surface area contributed by atoms with Crippen LogP contribution in [0.5, 0.6) is 0 Å². The van der Waals surface area contributed by atoms with Crippen LogP contribution >= 0.6 is 11.3 Å². The molecule has 1 atom stereocenters. The summed E-state index contributed by atoms with van der Waals surface area (Å²) in [5.74, 6) is 0.